The number of pyridine rings is 1. The van der Waals surface area contributed by atoms with Gasteiger partial charge in [0.05, 0.1) is 9.95 Å². The Kier molecular flexibility index (Phi) is 4.24. The number of nitro groups is 1. The lowest BCUT2D eigenvalue weighted by atomic mass is 10.4. The van der Waals surface area contributed by atoms with Crippen molar-refractivity contribution in [3.8, 4) is 0 Å². The van der Waals surface area contributed by atoms with Gasteiger partial charge in [-0.15, -0.1) is 0 Å². The molecule has 0 atom stereocenters. The molecule has 1 aromatic carbocycles. The first-order valence-corrected chi connectivity index (χ1v) is 6.57. The van der Waals surface area contributed by atoms with Crippen molar-refractivity contribution in [2.75, 3.05) is 12.4 Å². The van der Waals surface area contributed by atoms with E-state index in [9.17, 15) is 10.1 Å². The highest BCUT2D eigenvalue weighted by Gasteiger charge is 2.18. The summed E-state index contributed by atoms with van der Waals surface area (Å²) in [7, 11) is 1.71. The van der Waals surface area contributed by atoms with Crippen LogP contribution in [0.15, 0.2) is 46.3 Å². The van der Waals surface area contributed by atoms with Crippen LogP contribution in [0, 0.1) is 10.1 Å². The smallest absolute Gasteiger partial charge is 0.301 e. The summed E-state index contributed by atoms with van der Waals surface area (Å²) in [5.41, 5.74) is -0.0380. The number of benzene rings is 1. The number of halogens is 1. The molecule has 19 heavy (non-hydrogen) atoms. The topological polar surface area (TPSA) is 68.1 Å². The molecule has 0 bridgehead atoms. The molecule has 98 valence electrons. The quantitative estimate of drug-likeness (QED) is 0.685. The molecular weight excluding hydrogens is 286 g/mol. The molecule has 5 nitrogen and oxygen atoms in total. The Morgan fingerprint density at radius 3 is 2.68 bits per heavy atom. The lowest BCUT2D eigenvalue weighted by molar-refractivity contribution is -0.388. The van der Waals surface area contributed by atoms with E-state index in [0.717, 1.165) is 4.90 Å². The summed E-state index contributed by atoms with van der Waals surface area (Å²) in [6.07, 6.45) is 0. The first-order chi connectivity index (χ1) is 9.11. The van der Waals surface area contributed by atoms with Crippen LogP contribution in [-0.2, 0) is 0 Å². The van der Waals surface area contributed by atoms with Crippen LogP contribution < -0.4 is 5.32 Å². The van der Waals surface area contributed by atoms with E-state index in [1.807, 2.05) is 6.07 Å². The molecule has 0 aliphatic carbocycles. The minimum atomic E-state index is -0.453. The number of hydrogen-bond acceptors (Lipinski definition) is 5. The fourth-order valence-corrected chi connectivity index (χ4v) is 2.58. The highest BCUT2D eigenvalue weighted by atomic mass is 35.5. The highest BCUT2D eigenvalue weighted by molar-refractivity contribution is 7.99. The van der Waals surface area contributed by atoms with Gasteiger partial charge >= 0.3 is 5.69 Å². The Morgan fingerprint density at radius 1 is 1.32 bits per heavy atom. The summed E-state index contributed by atoms with van der Waals surface area (Å²) < 4.78 is 0. The molecule has 0 saturated carbocycles. The summed E-state index contributed by atoms with van der Waals surface area (Å²) in [6.45, 7) is 0. The van der Waals surface area contributed by atoms with E-state index in [2.05, 4.69) is 10.3 Å². The first kappa shape index (κ1) is 13.6. The molecule has 0 unspecified atom stereocenters. The summed E-state index contributed by atoms with van der Waals surface area (Å²) >= 11 is 7.22. The van der Waals surface area contributed by atoms with Crippen LogP contribution in [-0.4, -0.2) is 17.0 Å². The molecule has 0 fully saturated rings. The molecule has 7 heteroatoms. The summed E-state index contributed by atoms with van der Waals surface area (Å²) in [5.74, 6) is 0.570. The van der Waals surface area contributed by atoms with Crippen molar-refractivity contribution in [3.63, 3.8) is 0 Å². The number of hydrogen-bond donors (Lipinski definition) is 1. The van der Waals surface area contributed by atoms with Gasteiger partial charge < -0.3 is 5.32 Å². The van der Waals surface area contributed by atoms with Gasteiger partial charge in [0.2, 0.25) is 0 Å². The van der Waals surface area contributed by atoms with Gasteiger partial charge in [0.25, 0.3) is 0 Å². The SMILES string of the molecule is CNc1ccc([N+](=O)[O-])c(Sc2ccccc2Cl)n1. The molecule has 1 heterocycles. The van der Waals surface area contributed by atoms with Crippen LogP contribution in [0.2, 0.25) is 5.02 Å². The van der Waals surface area contributed by atoms with Crippen LogP contribution in [0.3, 0.4) is 0 Å². The third-order valence-electron chi connectivity index (χ3n) is 2.34. The predicted octanol–water partition coefficient (Wildman–Crippen LogP) is 3.84. The normalized spacial score (nSPS) is 10.2. The van der Waals surface area contributed by atoms with Crippen molar-refractivity contribution in [1.82, 2.24) is 4.98 Å². The second kappa shape index (κ2) is 5.90. The van der Waals surface area contributed by atoms with E-state index in [-0.39, 0.29) is 5.69 Å². The van der Waals surface area contributed by atoms with Crippen LogP contribution in [0.1, 0.15) is 0 Å². The van der Waals surface area contributed by atoms with Crippen LogP contribution in [0.5, 0.6) is 0 Å². The molecule has 1 N–H and O–H groups in total. The average Bonchev–Trinajstić information content (AvgIpc) is 2.41. The summed E-state index contributed by atoms with van der Waals surface area (Å²) in [6, 6.07) is 10.1. The number of aromatic nitrogens is 1. The zero-order valence-electron chi connectivity index (χ0n) is 9.96. The fourth-order valence-electron chi connectivity index (χ4n) is 1.42. The zero-order valence-corrected chi connectivity index (χ0v) is 11.5. The molecule has 0 amide bonds. The molecule has 0 aliphatic heterocycles. The fraction of sp³-hybridized carbons (Fsp3) is 0.0833. The largest absolute Gasteiger partial charge is 0.373 e. The maximum atomic E-state index is 11.0. The standard InChI is InChI=1S/C12H10ClN3O2S/c1-14-11-7-6-9(16(17)18)12(15-11)19-10-5-3-2-4-8(10)13/h2-7H,1H3,(H,14,15). The maximum absolute atomic E-state index is 11.0. The molecule has 0 radical (unpaired) electrons. The minimum Gasteiger partial charge on any atom is -0.373 e. The highest BCUT2D eigenvalue weighted by Crippen LogP contribution is 2.37. The zero-order chi connectivity index (χ0) is 13.8. The van der Waals surface area contributed by atoms with Gasteiger partial charge in [-0.3, -0.25) is 10.1 Å². The molecule has 2 aromatic rings. The molecule has 0 spiro atoms. The Morgan fingerprint density at radius 2 is 2.05 bits per heavy atom. The van der Waals surface area contributed by atoms with Crippen molar-refractivity contribution in [3.05, 3.63) is 51.5 Å². The van der Waals surface area contributed by atoms with Gasteiger partial charge in [0, 0.05) is 18.0 Å². The third-order valence-corrected chi connectivity index (χ3v) is 3.85. The number of anilines is 1. The molecule has 1 aromatic heterocycles. The summed E-state index contributed by atoms with van der Waals surface area (Å²) in [5, 5.41) is 14.7. The average molecular weight is 296 g/mol. The van der Waals surface area contributed by atoms with Crippen molar-refractivity contribution in [2.24, 2.45) is 0 Å². The maximum Gasteiger partial charge on any atom is 0.301 e. The van der Waals surface area contributed by atoms with E-state index >= 15 is 0 Å². The van der Waals surface area contributed by atoms with Crippen LogP contribution >= 0.6 is 23.4 Å². The third kappa shape index (κ3) is 3.15. The van der Waals surface area contributed by atoms with Gasteiger partial charge in [0.1, 0.15) is 5.82 Å². The molecule has 0 saturated heterocycles. The van der Waals surface area contributed by atoms with E-state index < -0.39 is 4.92 Å². The molecule has 2 rings (SSSR count). The Bertz CT molecular complexity index is 622. The van der Waals surface area contributed by atoms with E-state index in [1.54, 1.807) is 31.3 Å². The minimum absolute atomic E-state index is 0.0380. The summed E-state index contributed by atoms with van der Waals surface area (Å²) in [4.78, 5) is 15.5. The second-order valence-corrected chi connectivity index (χ2v) is 5.00. The van der Waals surface area contributed by atoms with Crippen molar-refractivity contribution in [1.29, 1.82) is 0 Å². The van der Waals surface area contributed by atoms with Gasteiger partial charge in [0.15, 0.2) is 5.03 Å². The number of nitrogens with one attached hydrogen (secondary N) is 1. The van der Waals surface area contributed by atoms with Crippen LogP contribution in [0.4, 0.5) is 11.5 Å². The van der Waals surface area contributed by atoms with Gasteiger partial charge in [-0.1, -0.05) is 35.5 Å². The Hall–Kier alpha value is -1.79. The number of rotatable bonds is 4. The lowest BCUT2D eigenvalue weighted by Crippen LogP contribution is -1.97. The van der Waals surface area contributed by atoms with Gasteiger partial charge in [-0.2, -0.15) is 0 Å². The number of nitrogens with zero attached hydrogens (tertiary/aromatic N) is 2. The van der Waals surface area contributed by atoms with Gasteiger partial charge in [-0.05, 0) is 18.2 Å². The predicted molar refractivity (Wildman–Crippen MR) is 76.0 cm³/mol. The van der Waals surface area contributed by atoms with Gasteiger partial charge in [-0.25, -0.2) is 4.98 Å². The first-order valence-electron chi connectivity index (χ1n) is 5.37. The Labute approximate surface area is 119 Å². The van der Waals surface area contributed by atoms with E-state index in [1.165, 1.54) is 17.8 Å². The Balaban J connectivity index is 2.43. The van der Waals surface area contributed by atoms with Crippen molar-refractivity contribution < 1.29 is 4.92 Å². The molecule has 0 aliphatic rings. The lowest BCUT2D eigenvalue weighted by Gasteiger charge is -2.06. The molecular formula is C12H10ClN3O2S. The monoisotopic (exact) mass is 295 g/mol. The second-order valence-electron chi connectivity index (χ2n) is 3.56. The van der Waals surface area contributed by atoms with Crippen molar-refractivity contribution in [2.45, 2.75) is 9.92 Å². The van der Waals surface area contributed by atoms with Crippen LogP contribution in [0.25, 0.3) is 0 Å². The van der Waals surface area contributed by atoms with E-state index in [0.29, 0.717) is 15.9 Å². The van der Waals surface area contributed by atoms with Crippen molar-refractivity contribution >= 4 is 34.9 Å². The van der Waals surface area contributed by atoms with E-state index in [4.69, 9.17) is 11.6 Å².